The van der Waals surface area contributed by atoms with Gasteiger partial charge in [0.15, 0.2) is 5.78 Å². The van der Waals surface area contributed by atoms with E-state index in [1.807, 2.05) is 12.1 Å². The average molecular weight is 296 g/mol. The molecule has 3 heteroatoms. The van der Waals surface area contributed by atoms with Crippen molar-refractivity contribution < 1.29 is 4.79 Å². The molecule has 1 aromatic carbocycles. The van der Waals surface area contributed by atoms with Crippen LogP contribution in [0.25, 0.3) is 0 Å². The topological polar surface area (TPSA) is 20.3 Å². The van der Waals surface area contributed by atoms with Gasteiger partial charge in [-0.15, -0.1) is 0 Å². The summed E-state index contributed by atoms with van der Waals surface area (Å²) >= 11 is 3.47. The van der Waals surface area contributed by atoms with Crippen LogP contribution in [0.4, 0.5) is 0 Å². The van der Waals surface area contributed by atoms with Gasteiger partial charge in [0.25, 0.3) is 0 Å². The van der Waals surface area contributed by atoms with Crippen molar-refractivity contribution in [3.63, 3.8) is 0 Å². The third kappa shape index (κ3) is 3.17. The zero-order valence-corrected chi connectivity index (χ0v) is 11.8. The molecule has 17 heavy (non-hydrogen) atoms. The number of carbonyl (C=O) groups is 1. The third-order valence-electron chi connectivity index (χ3n) is 3.31. The van der Waals surface area contributed by atoms with Gasteiger partial charge in [0.1, 0.15) is 0 Å². The molecule has 1 aromatic rings. The van der Waals surface area contributed by atoms with Crippen LogP contribution in [0.2, 0.25) is 0 Å². The van der Waals surface area contributed by atoms with Crippen molar-refractivity contribution in [2.24, 2.45) is 0 Å². The lowest BCUT2D eigenvalue weighted by molar-refractivity contribution is 0.0944. The van der Waals surface area contributed by atoms with E-state index in [0.29, 0.717) is 6.54 Å². The Morgan fingerprint density at radius 3 is 2.71 bits per heavy atom. The van der Waals surface area contributed by atoms with E-state index in [-0.39, 0.29) is 5.78 Å². The lowest BCUT2D eigenvalue weighted by atomic mass is 10.1. The second-order valence-corrected chi connectivity index (χ2v) is 5.43. The molecule has 1 fully saturated rings. The molecule has 0 bridgehead atoms. The summed E-state index contributed by atoms with van der Waals surface area (Å²) in [6.07, 6.45) is 3.42. The number of hydrogen-bond donors (Lipinski definition) is 0. The van der Waals surface area contributed by atoms with Gasteiger partial charge in [0, 0.05) is 10.0 Å². The lowest BCUT2D eigenvalue weighted by Crippen LogP contribution is -2.27. The summed E-state index contributed by atoms with van der Waals surface area (Å²) in [5.74, 6) is 0.231. The van der Waals surface area contributed by atoms with Crippen LogP contribution < -0.4 is 0 Å². The van der Waals surface area contributed by atoms with Gasteiger partial charge < -0.3 is 0 Å². The molecule has 1 heterocycles. The van der Waals surface area contributed by atoms with Crippen molar-refractivity contribution in [2.75, 3.05) is 19.6 Å². The van der Waals surface area contributed by atoms with E-state index in [2.05, 4.69) is 33.8 Å². The molecule has 0 N–H and O–H groups in total. The predicted molar refractivity (Wildman–Crippen MR) is 73.5 cm³/mol. The number of likely N-dealkylation sites (tertiary alicyclic amines) is 1. The number of carbonyl (C=O) groups excluding carboxylic acids is 1. The molecule has 92 valence electrons. The second kappa shape index (κ2) is 5.78. The van der Waals surface area contributed by atoms with Gasteiger partial charge in [-0.25, -0.2) is 0 Å². The smallest absolute Gasteiger partial charge is 0.177 e. The Morgan fingerprint density at radius 2 is 2.06 bits per heavy atom. The van der Waals surface area contributed by atoms with Crippen LogP contribution in [0.1, 0.15) is 35.7 Å². The number of hydrogen-bond acceptors (Lipinski definition) is 2. The fourth-order valence-electron chi connectivity index (χ4n) is 2.24. The first-order valence-corrected chi connectivity index (χ1v) is 7.04. The highest BCUT2D eigenvalue weighted by Crippen LogP contribution is 2.20. The molecule has 0 amide bonds. The SMILES string of the molecule is CCc1ccc(Br)c(C(=O)CN2CCCC2)c1. The quantitative estimate of drug-likeness (QED) is 0.795. The number of aryl methyl sites for hydroxylation is 1. The average Bonchev–Trinajstić information content (AvgIpc) is 2.82. The Hall–Kier alpha value is -0.670. The molecule has 1 aliphatic heterocycles. The molecule has 0 aliphatic carbocycles. The van der Waals surface area contributed by atoms with Crippen LogP contribution in [-0.4, -0.2) is 30.3 Å². The predicted octanol–water partition coefficient (Wildman–Crippen LogP) is 3.29. The summed E-state index contributed by atoms with van der Waals surface area (Å²) in [7, 11) is 0. The molecular formula is C14H18BrNO. The van der Waals surface area contributed by atoms with Crippen LogP contribution in [0.5, 0.6) is 0 Å². The van der Waals surface area contributed by atoms with Gasteiger partial charge in [-0.2, -0.15) is 0 Å². The van der Waals surface area contributed by atoms with Gasteiger partial charge in [0.05, 0.1) is 6.54 Å². The van der Waals surface area contributed by atoms with Crippen LogP contribution >= 0.6 is 15.9 Å². The normalized spacial score (nSPS) is 16.4. The maximum atomic E-state index is 12.2. The minimum atomic E-state index is 0.231. The van der Waals surface area contributed by atoms with Crippen molar-refractivity contribution >= 4 is 21.7 Å². The Morgan fingerprint density at radius 1 is 1.35 bits per heavy atom. The summed E-state index contributed by atoms with van der Waals surface area (Å²) < 4.78 is 0.916. The highest BCUT2D eigenvalue weighted by molar-refractivity contribution is 9.10. The molecule has 1 saturated heterocycles. The van der Waals surface area contributed by atoms with Gasteiger partial charge in [-0.05, 0) is 50.0 Å². The van der Waals surface area contributed by atoms with E-state index in [1.54, 1.807) is 0 Å². The summed E-state index contributed by atoms with van der Waals surface area (Å²) in [6.45, 7) is 4.80. The first-order chi connectivity index (χ1) is 8.20. The molecule has 0 atom stereocenters. The number of ketones is 1. The molecular weight excluding hydrogens is 278 g/mol. The second-order valence-electron chi connectivity index (χ2n) is 4.57. The molecule has 1 aliphatic rings. The largest absolute Gasteiger partial charge is 0.296 e. The summed E-state index contributed by atoms with van der Waals surface area (Å²) in [5, 5.41) is 0. The van der Waals surface area contributed by atoms with Gasteiger partial charge in [-0.3, -0.25) is 9.69 Å². The molecule has 0 radical (unpaired) electrons. The van der Waals surface area contributed by atoms with E-state index in [4.69, 9.17) is 0 Å². The van der Waals surface area contributed by atoms with E-state index >= 15 is 0 Å². The number of nitrogens with zero attached hydrogens (tertiary/aromatic N) is 1. The highest BCUT2D eigenvalue weighted by Gasteiger charge is 2.17. The Labute approximate surface area is 111 Å². The Balaban J connectivity index is 2.11. The maximum absolute atomic E-state index is 12.2. The molecule has 2 nitrogen and oxygen atoms in total. The van der Waals surface area contributed by atoms with E-state index in [9.17, 15) is 4.79 Å². The molecule has 0 saturated carbocycles. The van der Waals surface area contributed by atoms with Gasteiger partial charge in [-0.1, -0.05) is 28.9 Å². The lowest BCUT2D eigenvalue weighted by Gasteiger charge is -2.14. The number of rotatable bonds is 4. The molecule has 0 aromatic heterocycles. The summed E-state index contributed by atoms with van der Waals surface area (Å²) in [5.41, 5.74) is 2.05. The minimum absolute atomic E-state index is 0.231. The van der Waals surface area contributed by atoms with Crippen molar-refractivity contribution in [1.29, 1.82) is 0 Å². The van der Waals surface area contributed by atoms with Crippen LogP contribution in [0.3, 0.4) is 0 Å². The standard InChI is InChI=1S/C14H18BrNO/c1-2-11-5-6-13(15)12(9-11)14(17)10-16-7-3-4-8-16/h5-6,9H,2-4,7-8,10H2,1H3. The van der Waals surface area contributed by atoms with E-state index in [0.717, 1.165) is 29.5 Å². The molecule has 2 rings (SSSR count). The zero-order chi connectivity index (χ0) is 12.3. The fourth-order valence-corrected chi connectivity index (χ4v) is 2.70. The highest BCUT2D eigenvalue weighted by atomic mass is 79.9. The number of Topliss-reactive ketones (excluding diaryl/α,β-unsaturated/α-hetero) is 1. The van der Waals surface area contributed by atoms with Crippen LogP contribution in [0.15, 0.2) is 22.7 Å². The zero-order valence-electron chi connectivity index (χ0n) is 10.2. The number of benzene rings is 1. The first-order valence-electron chi connectivity index (χ1n) is 6.24. The van der Waals surface area contributed by atoms with Crippen molar-refractivity contribution in [1.82, 2.24) is 4.90 Å². The summed E-state index contributed by atoms with van der Waals surface area (Å²) in [6, 6.07) is 6.06. The third-order valence-corrected chi connectivity index (χ3v) is 4.00. The number of halogens is 1. The molecule has 0 unspecified atom stereocenters. The summed E-state index contributed by atoms with van der Waals surface area (Å²) in [4.78, 5) is 14.5. The minimum Gasteiger partial charge on any atom is -0.296 e. The van der Waals surface area contributed by atoms with Gasteiger partial charge in [0.2, 0.25) is 0 Å². The Kier molecular flexibility index (Phi) is 4.35. The van der Waals surface area contributed by atoms with E-state index in [1.165, 1.54) is 18.4 Å². The fraction of sp³-hybridized carbons (Fsp3) is 0.500. The Bertz CT molecular complexity index is 411. The first kappa shape index (κ1) is 12.8. The monoisotopic (exact) mass is 295 g/mol. The van der Waals surface area contributed by atoms with Crippen LogP contribution in [0, 0.1) is 0 Å². The van der Waals surface area contributed by atoms with Crippen LogP contribution in [-0.2, 0) is 6.42 Å². The van der Waals surface area contributed by atoms with Crippen molar-refractivity contribution in [3.8, 4) is 0 Å². The maximum Gasteiger partial charge on any atom is 0.177 e. The van der Waals surface area contributed by atoms with E-state index < -0.39 is 0 Å². The van der Waals surface area contributed by atoms with Crippen molar-refractivity contribution in [2.45, 2.75) is 26.2 Å². The van der Waals surface area contributed by atoms with Gasteiger partial charge >= 0.3 is 0 Å². The van der Waals surface area contributed by atoms with Crippen molar-refractivity contribution in [3.05, 3.63) is 33.8 Å². The molecule has 0 spiro atoms.